The van der Waals surface area contributed by atoms with Gasteiger partial charge in [-0.25, -0.2) is 4.79 Å². The first-order valence-electron chi connectivity index (χ1n) is 5.60. The number of H-pyrrole nitrogens is 1. The lowest BCUT2D eigenvalue weighted by molar-refractivity contribution is -0.0510. The summed E-state index contributed by atoms with van der Waals surface area (Å²) in [6, 6.07) is 1.08. The van der Waals surface area contributed by atoms with Crippen LogP contribution in [0.25, 0.3) is 0 Å². The first kappa shape index (κ1) is 15.4. The van der Waals surface area contributed by atoms with Crippen molar-refractivity contribution in [1.82, 2.24) is 9.55 Å². The summed E-state index contributed by atoms with van der Waals surface area (Å²) < 4.78 is 11.0. The van der Waals surface area contributed by atoms with Crippen LogP contribution in [0.15, 0.2) is 21.9 Å². The zero-order chi connectivity index (χ0) is 14.9. The quantitative estimate of drug-likeness (QED) is 0.358. The molecule has 5 atom stereocenters. The topological polar surface area (TPSA) is 134 Å². The molecule has 0 saturated carbocycles. The van der Waals surface area contributed by atoms with Gasteiger partial charge in [-0.3, -0.25) is 14.3 Å². The van der Waals surface area contributed by atoms with E-state index in [9.17, 15) is 19.8 Å². The Morgan fingerprint density at radius 1 is 1.45 bits per heavy atom. The maximum Gasteiger partial charge on any atom is 0.330 e. The Balaban J connectivity index is 2.17. The number of aliphatic hydroxyl groups excluding tert-OH is 2. The van der Waals surface area contributed by atoms with Crippen LogP contribution in [0, 0.1) is 0 Å². The highest BCUT2D eigenvalue weighted by atomic mass is 31.2. The third kappa shape index (κ3) is 3.17. The van der Waals surface area contributed by atoms with Gasteiger partial charge in [-0.2, -0.15) is 0 Å². The fourth-order valence-electron chi connectivity index (χ4n) is 1.87. The van der Waals surface area contributed by atoms with Gasteiger partial charge < -0.3 is 24.4 Å². The van der Waals surface area contributed by atoms with E-state index in [1.165, 1.54) is 0 Å². The average molecular weight is 302 g/mol. The van der Waals surface area contributed by atoms with Crippen LogP contribution in [0.4, 0.5) is 0 Å². The predicted octanol–water partition coefficient (Wildman–Crippen LogP) is -2.44. The number of aliphatic hydroxyl groups is 2. The second-order valence-electron chi connectivity index (χ2n) is 4.16. The van der Waals surface area contributed by atoms with Gasteiger partial charge in [-0.15, -0.1) is 0 Å². The van der Waals surface area contributed by atoms with Crippen molar-refractivity contribution in [2.75, 3.05) is 6.61 Å². The average Bonchev–Trinajstić information content (AvgIpc) is 2.64. The summed E-state index contributed by atoms with van der Waals surface area (Å²) in [6.07, 6.45) is -3.71. The number of aromatic amines is 1. The molecule has 1 saturated heterocycles. The Labute approximate surface area is 115 Å². The molecule has 2 rings (SSSR count). The highest BCUT2D eigenvalue weighted by Gasteiger charge is 2.44. The van der Waals surface area contributed by atoms with Gasteiger partial charge in [-0.1, -0.05) is 0 Å². The molecule has 108 valence electrons. The van der Waals surface area contributed by atoms with E-state index in [0.717, 1.165) is 16.8 Å². The fourth-order valence-corrected chi connectivity index (χ4v) is 2.17. The van der Waals surface area contributed by atoms with Crippen LogP contribution < -0.4 is 11.2 Å². The lowest BCUT2D eigenvalue weighted by Gasteiger charge is -2.16. The summed E-state index contributed by atoms with van der Waals surface area (Å²) in [4.78, 5) is 33.4. The predicted molar refractivity (Wildman–Crippen MR) is 68.1 cm³/mol. The normalized spacial score (nSPS) is 31.4. The van der Waals surface area contributed by atoms with Gasteiger partial charge in [0, 0.05) is 12.3 Å². The minimum absolute atomic E-state index is 0.245. The first-order valence-corrected chi connectivity index (χ1v) is 6.88. The van der Waals surface area contributed by atoms with E-state index in [1.54, 1.807) is 0 Å². The van der Waals surface area contributed by atoms with Crippen molar-refractivity contribution >= 4 is 15.8 Å². The number of rotatable bonds is 4. The number of hydrogen-bond acceptors (Lipinski definition) is 7. The van der Waals surface area contributed by atoms with Crippen LogP contribution in [-0.4, -0.2) is 57.1 Å². The molecule has 1 aliphatic heterocycles. The van der Waals surface area contributed by atoms with E-state index < -0.39 is 44.0 Å². The van der Waals surface area contributed by atoms with Crippen molar-refractivity contribution in [2.45, 2.75) is 24.5 Å². The smallest absolute Gasteiger partial charge is 0.330 e. The number of nitrogens with one attached hydrogen (secondary N) is 1. The van der Waals surface area contributed by atoms with Gasteiger partial charge in [0.1, 0.15) is 18.3 Å². The van der Waals surface area contributed by atoms with Gasteiger partial charge in [-0.05, 0) is 0 Å². The number of nitrogens with zero attached hydrogens (tertiary/aromatic N) is 1. The van der Waals surface area contributed by atoms with E-state index in [1.807, 2.05) is 4.98 Å². The Bertz CT molecular complexity index is 576. The first-order chi connectivity index (χ1) is 9.40. The van der Waals surface area contributed by atoms with Crippen molar-refractivity contribution in [3.8, 4) is 0 Å². The van der Waals surface area contributed by atoms with Crippen LogP contribution >= 0.6 is 8.25 Å². The van der Waals surface area contributed by atoms with Crippen molar-refractivity contribution in [3.05, 3.63) is 33.1 Å². The van der Waals surface area contributed by atoms with Gasteiger partial charge in [0.15, 0.2) is 13.8 Å². The highest BCUT2D eigenvalue weighted by Crippen LogP contribution is 2.31. The minimum atomic E-state index is -2.12. The maximum absolute atomic E-state index is 11.6. The van der Waals surface area contributed by atoms with E-state index in [0.29, 0.717) is 0 Å². The SMILES string of the molecule is [B]P(O)OC[C@H]1O[C@@H](n2ccc(=O)[nH]c2=O)[C@H](O)[C@@H]1O. The van der Waals surface area contributed by atoms with Crippen molar-refractivity contribution < 1.29 is 24.4 Å². The van der Waals surface area contributed by atoms with Gasteiger partial charge in [0.2, 0.25) is 0 Å². The van der Waals surface area contributed by atoms with Crippen molar-refractivity contribution in [2.24, 2.45) is 0 Å². The third-order valence-electron chi connectivity index (χ3n) is 2.83. The molecule has 0 spiro atoms. The van der Waals surface area contributed by atoms with E-state index in [2.05, 4.69) is 0 Å². The molecule has 1 aliphatic rings. The van der Waals surface area contributed by atoms with E-state index in [-0.39, 0.29) is 6.61 Å². The molecule has 0 bridgehead atoms. The molecule has 2 radical (unpaired) electrons. The van der Waals surface area contributed by atoms with Crippen molar-refractivity contribution in [1.29, 1.82) is 0 Å². The Hall–Kier alpha value is -1.03. The second kappa shape index (κ2) is 6.17. The Kier molecular flexibility index (Phi) is 4.74. The number of ether oxygens (including phenoxy) is 1. The summed E-state index contributed by atoms with van der Waals surface area (Å²) in [5, 5.41) is 19.7. The van der Waals surface area contributed by atoms with Crippen LogP contribution in [0.2, 0.25) is 0 Å². The molecule has 0 amide bonds. The zero-order valence-corrected chi connectivity index (χ0v) is 11.0. The van der Waals surface area contributed by atoms with E-state index in [4.69, 9.17) is 21.7 Å². The molecule has 2 heterocycles. The van der Waals surface area contributed by atoms with Gasteiger partial charge >= 0.3 is 5.69 Å². The molecule has 1 aromatic rings. The maximum atomic E-state index is 11.6. The lowest BCUT2D eigenvalue weighted by Crippen LogP contribution is -2.37. The number of hydrogen-bond donors (Lipinski definition) is 4. The van der Waals surface area contributed by atoms with Gasteiger partial charge in [0.05, 0.1) is 14.9 Å². The summed E-state index contributed by atoms with van der Waals surface area (Å²) in [5.74, 6) is 0. The fraction of sp³-hybridized carbons (Fsp3) is 0.556. The largest absolute Gasteiger partial charge is 0.387 e. The standard InChI is InChI=1S/C9H12BN2O7P/c10-20(17)18-3-4-6(14)7(15)8(19-4)12-2-1-5(13)11-9(12)16/h1-2,4,6-8,14-15,17H,3H2,(H,11,13,16)/t4-,6-,7-,8-,20?/m1/s1. The highest BCUT2D eigenvalue weighted by molar-refractivity contribution is 7.73. The van der Waals surface area contributed by atoms with Gasteiger partial charge in [0.25, 0.3) is 5.56 Å². The molecular weight excluding hydrogens is 290 g/mol. The molecule has 1 fully saturated rings. The summed E-state index contributed by atoms with van der Waals surface area (Å²) in [6.45, 7) is -0.245. The van der Waals surface area contributed by atoms with E-state index >= 15 is 0 Å². The summed E-state index contributed by atoms with van der Waals surface area (Å²) in [5.41, 5.74) is -1.37. The number of aromatic nitrogens is 2. The Morgan fingerprint density at radius 2 is 2.15 bits per heavy atom. The molecular formula is C9H12BN2O7P. The van der Waals surface area contributed by atoms with Crippen LogP contribution in [0.5, 0.6) is 0 Å². The van der Waals surface area contributed by atoms with Crippen molar-refractivity contribution in [3.63, 3.8) is 0 Å². The molecule has 20 heavy (non-hydrogen) atoms. The summed E-state index contributed by atoms with van der Waals surface area (Å²) >= 11 is 0. The molecule has 9 nitrogen and oxygen atoms in total. The van der Waals surface area contributed by atoms with Crippen LogP contribution in [0.3, 0.4) is 0 Å². The molecule has 0 aliphatic carbocycles. The summed E-state index contributed by atoms with van der Waals surface area (Å²) in [7, 11) is 2.92. The second-order valence-corrected chi connectivity index (χ2v) is 5.03. The lowest BCUT2D eigenvalue weighted by atomic mass is 10.1. The molecule has 11 heteroatoms. The molecule has 1 aromatic heterocycles. The minimum Gasteiger partial charge on any atom is -0.387 e. The molecule has 1 unspecified atom stereocenters. The zero-order valence-electron chi connectivity index (χ0n) is 10.1. The Morgan fingerprint density at radius 3 is 2.75 bits per heavy atom. The molecule has 4 N–H and O–H groups in total. The van der Waals surface area contributed by atoms with Crippen LogP contribution in [-0.2, 0) is 9.26 Å². The monoisotopic (exact) mass is 302 g/mol. The van der Waals surface area contributed by atoms with Crippen LogP contribution in [0.1, 0.15) is 6.23 Å². The third-order valence-corrected chi connectivity index (χ3v) is 3.25. The molecule has 0 aromatic carbocycles.